The molecule has 0 saturated heterocycles. The van der Waals surface area contributed by atoms with Gasteiger partial charge in [0.05, 0.1) is 11.6 Å². The van der Waals surface area contributed by atoms with Gasteiger partial charge in [0, 0.05) is 18.8 Å². The van der Waals surface area contributed by atoms with Gasteiger partial charge in [-0.2, -0.15) is 5.10 Å². The Kier molecular flexibility index (Phi) is 5.59. The van der Waals surface area contributed by atoms with Crippen molar-refractivity contribution in [1.82, 2.24) is 15.1 Å². The molecule has 2 rings (SSSR count). The third-order valence-electron chi connectivity index (χ3n) is 3.80. The largest absolute Gasteiger partial charge is 0.363 e. The van der Waals surface area contributed by atoms with Gasteiger partial charge in [-0.3, -0.25) is 19.1 Å². The van der Waals surface area contributed by atoms with E-state index in [0.717, 1.165) is 5.56 Å². The lowest BCUT2D eigenvalue weighted by Crippen LogP contribution is -2.47. The van der Waals surface area contributed by atoms with E-state index in [1.54, 1.807) is 13.2 Å². The Bertz CT molecular complexity index is 819. The van der Waals surface area contributed by atoms with Crippen LogP contribution < -0.4 is 11.1 Å². The molecule has 3 N–H and O–H groups in total. The fourth-order valence-corrected chi connectivity index (χ4v) is 2.69. The zero-order valence-electron chi connectivity index (χ0n) is 15.4. The van der Waals surface area contributed by atoms with E-state index in [1.165, 1.54) is 4.68 Å². The fraction of sp³-hybridized carbons (Fsp3) is 0.368. The van der Waals surface area contributed by atoms with Crippen LogP contribution in [0.3, 0.4) is 0 Å². The number of ketones is 1. The number of hydrogen-bond acceptors (Lipinski definition) is 4. The molecule has 2 aromatic rings. The van der Waals surface area contributed by atoms with Crippen LogP contribution in [-0.2, 0) is 16.6 Å². The predicted molar refractivity (Wildman–Crippen MR) is 98.2 cm³/mol. The zero-order valence-corrected chi connectivity index (χ0v) is 15.4. The molecule has 1 aromatic carbocycles. The highest BCUT2D eigenvalue weighted by Crippen LogP contribution is 2.24. The lowest BCUT2D eigenvalue weighted by molar-refractivity contribution is -0.137. The van der Waals surface area contributed by atoms with Crippen molar-refractivity contribution in [2.24, 2.45) is 18.2 Å². The average Bonchev–Trinajstić information content (AvgIpc) is 2.95. The van der Waals surface area contributed by atoms with Crippen LogP contribution in [0.1, 0.15) is 37.6 Å². The second-order valence-corrected chi connectivity index (χ2v) is 7.45. The van der Waals surface area contributed by atoms with Gasteiger partial charge in [0.1, 0.15) is 5.69 Å². The quantitative estimate of drug-likeness (QED) is 0.768. The van der Waals surface area contributed by atoms with Gasteiger partial charge < -0.3 is 11.1 Å². The van der Waals surface area contributed by atoms with Crippen molar-refractivity contribution < 1.29 is 14.4 Å². The molecule has 1 aromatic heterocycles. The van der Waals surface area contributed by atoms with Crippen LogP contribution >= 0.6 is 0 Å². The number of aromatic nitrogens is 2. The Morgan fingerprint density at radius 3 is 2.35 bits per heavy atom. The second-order valence-electron chi connectivity index (χ2n) is 7.45. The SMILES string of the molecule is Cn1cc(C(=O)NC(CC(C)(C)C)C(=O)C(N)=O)c(-c2ccccc2)n1. The number of nitrogens with zero attached hydrogens (tertiary/aromatic N) is 2. The summed E-state index contributed by atoms with van der Waals surface area (Å²) in [7, 11) is 1.71. The summed E-state index contributed by atoms with van der Waals surface area (Å²) in [6, 6.07) is 8.29. The highest BCUT2D eigenvalue weighted by Gasteiger charge is 2.30. The average molecular weight is 356 g/mol. The number of carbonyl (C=O) groups is 3. The van der Waals surface area contributed by atoms with E-state index < -0.39 is 23.6 Å². The zero-order chi connectivity index (χ0) is 19.5. The fourth-order valence-electron chi connectivity index (χ4n) is 2.69. The van der Waals surface area contributed by atoms with Gasteiger partial charge in [0.2, 0.25) is 5.78 Å². The molecule has 0 bridgehead atoms. The van der Waals surface area contributed by atoms with E-state index >= 15 is 0 Å². The Hall–Kier alpha value is -2.96. The number of Topliss-reactive ketones (excluding diaryl/α,β-unsaturated/α-hetero) is 1. The number of nitrogens with one attached hydrogen (secondary N) is 1. The lowest BCUT2D eigenvalue weighted by Gasteiger charge is -2.25. The van der Waals surface area contributed by atoms with Crippen molar-refractivity contribution in [1.29, 1.82) is 0 Å². The molecule has 0 radical (unpaired) electrons. The summed E-state index contributed by atoms with van der Waals surface area (Å²) < 4.78 is 1.53. The van der Waals surface area contributed by atoms with Crippen molar-refractivity contribution in [3.8, 4) is 11.3 Å². The molecule has 2 amide bonds. The number of primary amides is 1. The van der Waals surface area contributed by atoms with Crippen LogP contribution in [0, 0.1) is 5.41 Å². The molecule has 0 fully saturated rings. The maximum Gasteiger partial charge on any atom is 0.287 e. The molecule has 138 valence electrons. The van der Waals surface area contributed by atoms with Gasteiger partial charge in [-0.05, 0) is 11.8 Å². The third-order valence-corrected chi connectivity index (χ3v) is 3.80. The highest BCUT2D eigenvalue weighted by atomic mass is 16.2. The molecule has 0 spiro atoms. The molecule has 0 saturated carbocycles. The predicted octanol–water partition coefficient (Wildman–Crippen LogP) is 1.68. The van der Waals surface area contributed by atoms with Crippen molar-refractivity contribution in [3.05, 3.63) is 42.1 Å². The number of amides is 2. The first-order valence-electron chi connectivity index (χ1n) is 8.32. The third kappa shape index (κ3) is 4.78. The summed E-state index contributed by atoms with van der Waals surface area (Å²) in [5.74, 6) is -2.34. The summed E-state index contributed by atoms with van der Waals surface area (Å²) in [5, 5.41) is 6.99. The van der Waals surface area contributed by atoms with Crippen molar-refractivity contribution in [2.75, 3.05) is 0 Å². The minimum Gasteiger partial charge on any atom is -0.363 e. The maximum absolute atomic E-state index is 12.8. The van der Waals surface area contributed by atoms with Crippen LogP contribution in [0.15, 0.2) is 36.5 Å². The van der Waals surface area contributed by atoms with Gasteiger partial charge >= 0.3 is 0 Å². The number of benzene rings is 1. The summed E-state index contributed by atoms with van der Waals surface area (Å²) >= 11 is 0. The molecular weight excluding hydrogens is 332 g/mol. The molecule has 1 heterocycles. The van der Waals surface area contributed by atoms with E-state index in [1.807, 2.05) is 51.1 Å². The minimum atomic E-state index is -1.06. The van der Waals surface area contributed by atoms with Gasteiger partial charge in [-0.1, -0.05) is 51.1 Å². The highest BCUT2D eigenvalue weighted by molar-refractivity contribution is 6.38. The minimum absolute atomic E-state index is 0.278. The van der Waals surface area contributed by atoms with Gasteiger partial charge in [-0.25, -0.2) is 0 Å². The van der Waals surface area contributed by atoms with Gasteiger partial charge in [0.15, 0.2) is 0 Å². The topological polar surface area (TPSA) is 107 Å². The van der Waals surface area contributed by atoms with Gasteiger partial charge in [-0.15, -0.1) is 0 Å². The molecule has 7 nitrogen and oxygen atoms in total. The van der Waals surface area contributed by atoms with Crippen molar-refractivity contribution in [3.63, 3.8) is 0 Å². The molecule has 26 heavy (non-hydrogen) atoms. The molecule has 1 unspecified atom stereocenters. The maximum atomic E-state index is 12.8. The van der Waals surface area contributed by atoms with Crippen LogP contribution in [0.4, 0.5) is 0 Å². The smallest absolute Gasteiger partial charge is 0.287 e. The van der Waals surface area contributed by atoms with E-state index in [0.29, 0.717) is 17.7 Å². The number of nitrogens with two attached hydrogens (primary N) is 1. The summed E-state index contributed by atoms with van der Waals surface area (Å²) in [6.07, 6.45) is 1.88. The first-order valence-corrected chi connectivity index (χ1v) is 8.32. The molecule has 7 heteroatoms. The molecule has 0 aliphatic heterocycles. The van der Waals surface area contributed by atoms with Gasteiger partial charge in [0.25, 0.3) is 11.8 Å². The first kappa shape index (κ1) is 19.4. The Morgan fingerprint density at radius 2 is 1.81 bits per heavy atom. The van der Waals surface area contributed by atoms with E-state index in [2.05, 4.69) is 10.4 Å². The Labute approximate surface area is 152 Å². The first-order chi connectivity index (χ1) is 12.1. The van der Waals surface area contributed by atoms with E-state index in [4.69, 9.17) is 5.73 Å². The van der Waals surface area contributed by atoms with Crippen LogP contribution in [0.2, 0.25) is 0 Å². The van der Waals surface area contributed by atoms with Crippen LogP contribution in [0.5, 0.6) is 0 Å². The van der Waals surface area contributed by atoms with Crippen molar-refractivity contribution >= 4 is 17.6 Å². The van der Waals surface area contributed by atoms with Crippen LogP contribution in [0.25, 0.3) is 11.3 Å². The number of aryl methyl sites for hydroxylation is 1. The molecule has 0 aliphatic rings. The molecule has 0 aliphatic carbocycles. The molecular formula is C19H24N4O3. The molecule has 1 atom stereocenters. The number of rotatable bonds is 6. The lowest BCUT2D eigenvalue weighted by atomic mass is 9.86. The Morgan fingerprint density at radius 1 is 1.19 bits per heavy atom. The summed E-state index contributed by atoms with van der Waals surface area (Å²) in [6.45, 7) is 5.75. The second kappa shape index (κ2) is 7.51. The van der Waals surface area contributed by atoms with Crippen LogP contribution in [-0.4, -0.2) is 33.4 Å². The number of hydrogen-bond donors (Lipinski definition) is 2. The Balaban J connectivity index is 2.33. The monoisotopic (exact) mass is 356 g/mol. The van der Waals surface area contributed by atoms with E-state index in [-0.39, 0.29) is 5.41 Å². The standard InChI is InChI=1S/C19H24N4O3/c1-19(2,3)10-14(16(24)17(20)25)21-18(26)13-11-23(4)22-15(13)12-8-6-5-7-9-12/h5-9,11,14H,10H2,1-4H3,(H2,20,25)(H,21,26). The normalized spacial score (nSPS) is 12.5. The summed E-state index contributed by atoms with van der Waals surface area (Å²) in [4.78, 5) is 36.3. The van der Waals surface area contributed by atoms with E-state index in [9.17, 15) is 14.4 Å². The summed E-state index contributed by atoms with van der Waals surface area (Å²) in [5.41, 5.74) is 6.48. The number of carbonyl (C=O) groups excluding carboxylic acids is 3. The van der Waals surface area contributed by atoms with Crippen molar-refractivity contribution in [2.45, 2.75) is 33.2 Å².